The number of nitrogens with two attached hydrogens (primary N) is 1. The van der Waals surface area contributed by atoms with Crippen LogP contribution in [0.3, 0.4) is 0 Å². The van der Waals surface area contributed by atoms with Gasteiger partial charge in [0.1, 0.15) is 5.82 Å². The van der Waals surface area contributed by atoms with Gasteiger partial charge in [-0.25, -0.2) is 9.40 Å². The van der Waals surface area contributed by atoms with E-state index in [-0.39, 0.29) is 5.82 Å². The van der Waals surface area contributed by atoms with Crippen molar-refractivity contribution in [3.8, 4) is 0 Å². The van der Waals surface area contributed by atoms with Gasteiger partial charge in [-0.1, -0.05) is 15.9 Å². The molecule has 0 saturated heterocycles. The summed E-state index contributed by atoms with van der Waals surface area (Å²) in [6.07, 6.45) is 0. The SMILES string of the molecule is CN(N)Cc1c(Br)ccc(Br)c1F. The smallest absolute Gasteiger partial charge is 0.143 e. The van der Waals surface area contributed by atoms with Crippen molar-refractivity contribution in [2.24, 2.45) is 5.84 Å². The minimum atomic E-state index is -0.272. The van der Waals surface area contributed by atoms with Crippen molar-refractivity contribution in [1.29, 1.82) is 0 Å². The molecule has 0 aliphatic heterocycles. The summed E-state index contributed by atoms with van der Waals surface area (Å²) in [4.78, 5) is 0. The lowest BCUT2D eigenvalue weighted by molar-refractivity contribution is 0.334. The van der Waals surface area contributed by atoms with E-state index in [9.17, 15) is 4.39 Å². The third-order valence-electron chi connectivity index (χ3n) is 1.55. The molecule has 1 aromatic carbocycles. The molecule has 0 heterocycles. The summed E-state index contributed by atoms with van der Waals surface area (Å²) >= 11 is 6.38. The van der Waals surface area contributed by atoms with Gasteiger partial charge in [-0.3, -0.25) is 5.84 Å². The lowest BCUT2D eigenvalue weighted by Gasteiger charge is -2.12. The molecule has 0 saturated carbocycles. The largest absolute Gasteiger partial charge is 0.269 e. The summed E-state index contributed by atoms with van der Waals surface area (Å²) < 4.78 is 14.6. The molecule has 0 bridgehead atoms. The van der Waals surface area contributed by atoms with Crippen LogP contribution in [0.1, 0.15) is 5.56 Å². The Morgan fingerprint density at radius 1 is 1.38 bits per heavy atom. The molecule has 0 aliphatic rings. The third kappa shape index (κ3) is 2.74. The molecule has 1 aromatic rings. The van der Waals surface area contributed by atoms with Gasteiger partial charge in [0.2, 0.25) is 0 Å². The average molecular weight is 312 g/mol. The third-order valence-corrected chi connectivity index (χ3v) is 2.90. The second kappa shape index (κ2) is 4.50. The molecule has 0 amide bonds. The lowest BCUT2D eigenvalue weighted by atomic mass is 10.2. The molecule has 0 aliphatic carbocycles. The molecule has 5 heteroatoms. The van der Waals surface area contributed by atoms with E-state index in [1.54, 1.807) is 19.2 Å². The summed E-state index contributed by atoms with van der Waals surface area (Å²) in [5.41, 5.74) is 0.555. The number of benzene rings is 1. The topological polar surface area (TPSA) is 29.3 Å². The maximum atomic E-state index is 13.5. The molecular formula is C8H9Br2FN2. The van der Waals surface area contributed by atoms with Crippen molar-refractivity contribution >= 4 is 31.9 Å². The number of hydrogen-bond donors (Lipinski definition) is 1. The average Bonchev–Trinajstić information content (AvgIpc) is 2.05. The minimum Gasteiger partial charge on any atom is -0.269 e. The molecule has 0 unspecified atom stereocenters. The van der Waals surface area contributed by atoms with Crippen molar-refractivity contribution in [3.63, 3.8) is 0 Å². The van der Waals surface area contributed by atoms with Crippen LogP contribution in [-0.2, 0) is 6.54 Å². The highest BCUT2D eigenvalue weighted by Gasteiger charge is 2.10. The first-order chi connectivity index (χ1) is 6.02. The van der Waals surface area contributed by atoms with E-state index in [0.717, 1.165) is 4.47 Å². The zero-order valence-electron chi connectivity index (χ0n) is 7.02. The summed E-state index contributed by atoms with van der Waals surface area (Å²) in [6.45, 7) is 0.367. The Morgan fingerprint density at radius 2 is 1.92 bits per heavy atom. The Labute approximate surface area is 93.1 Å². The van der Waals surface area contributed by atoms with E-state index in [0.29, 0.717) is 16.6 Å². The Kier molecular flexibility index (Phi) is 3.85. The normalized spacial score (nSPS) is 10.9. The van der Waals surface area contributed by atoms with E-state index in [4.69, 9.17) is 5.84 Å². The fourth-order valence-electron chi connectivity index (χ4n) is 0.963. The van der Waals surface area contributed by atoms with E-state index in [1.165, 1.54) is 5.01 Å². The first-order valence-electron chi connectivity index (χ1n) is 3.60. The van der Waals surface area contributed by atoms with Crippen LogP contribution >= 0.6 is 31.9 Å². The standard InChI is InChI=1S/C8H9Br2FN2/c1-13(12)4-5-6(9)2-3-7(10)8(5)11/h2-3H,4,12H2,1H3. The maximum absolute atomic E-state index is 13.5. The molecule has 2 N–H and O–H groups in total. The molecule has 2 nitrogen and oxygen atoms in total. The van der Waals surface area contributed by atoms with Gasteiger partial charge in [0.05, 0.1) is 4.47 Å². The zero-order valence-corrected chi connectivity index (χ0v) is 10.2. The van der Waals surface area contributed by atoms with Crippen molar-refractivity contribution in [2.45, 2.75) is 6.54 Å². The van der Waals surface area contributed by atoms with Gasteiger partial charge in [0, 0.05) is 23.6 Å². The van der Waals surface area contributed by atoms with Crippen molar-refractivity contribution in [3.05, 3.63) is 32.5 Å². The minimum absolute atomic E-state index is 0.272. The summed E-state index contributed by atoms with van der Waals surface area (Å²) in [6, 6.07) is 3.44. The van der Waals surface area contributed by atoms with Gasteiger partial charge >= 0.3 is 0 Å². The van der Waals surface area contributed by atoms with Crippen LogP contribution in [0.4, 0.5) is 4.39 Å². The number of rotatable bonds is 2. The van der Waals surface area contributed by atoms with Crippen LogP contribution in [0, 0.1) is 5.82 Å². The molecule has 1 rings (SSSR count). The highest BCUT2D eigenvalue weighted by molar-refractivity contribution is 9.11. The maximum Gasteiger partial charge on any atom is 0.143 e. The first-order valence-corrected chi connectivity index (χ1v) is 5.19. The monoisotopic (exact) mass is 310 g/mol. The Morgan fingerprint density at radius 3 is 2.46 bits per heavy atom. The van der Waals surface area contributed by atoms with Gasteiger partial charge in [-0.05, 0) is 28.1 Å². The Bertz CT molecular complexity index is 315. The van der Waals surface area contributed by atoms with Crippen LogP contribution in [0.2, 0.25) is 0 Å². The highest BCUT2D eigenvalue weighted by Crippen LogP contribution is 2.26. The number of halogens is 3. The van der Waals surface area contributed by atoms with Crippen LogP contribution in [0.5, 0.6) is 0 Å². The predicted octanol–water partition coefficient (Wildman–Crippen LogP) is 2.66. The molecule has 0 atom stereocenters. The molecule has 13 heavy (non-hydrogen) atoms. The lowest BCUT2D eigenvalue weighted by Crippen LogP contribution is -2.25. The number of hydrogen-bond acceptors (Lipinski definition) is 2. The van der Waals surface area contributed by atoms with E-state index >= 15 is 0 Å². The molecule has 0 radical (unpaired) electrons. The summed E-state index contributed by atoms with van der Waals surface area (Å²) in [5.74, 6) is 5.17. The molecule has 0 aromatic heterocycles. The summed E-state index contributed by atoms with van der Waals surface area (Å²) in [5, 5.41) is 1.43. The van der Waals surface area contributed by atoms with E-state index < -0.39 is 0 Å². The van der Waals surface area contributed by atoms with Gasteiger partial charge in [0.15, 0.2) is 0 Å². The quantitative estimate of drug-likeness (QED) is 0.517. The fraction of sp³-hybridized carbons (Fsp3) is 0.250. The molecule has 0 fully saturated rings. The van der Waals surface area contributed by atoms with E-state index in [2.05, 4.69) is 31.9 Å². The Balaban J connectivity index is 3.10. The molecule has 0 spiro atoms. The number of hydrazine groups is 1. The Hall–Kier alpha value is 0.0300. The molecule has 72 valence electrons. The van der Waals surface area contributed by atoms with Crippen LogP contribution in [0.15, 0.2) is 21.1 Å². The van der Waals surface area contributed by atoms with E-state index in [1.807, 2.05) is 0 Å². The van der Waals surface area contributed by atoms with Gasteiger partial charge in [-0.15, -0.1) is 0 Å². The van der Waals surface area contributed by atoms with Gasteiger partial charge in [0.25, 0.3) is 0 Å². The zero-order chi connectivity index (χ0) is 10.0. The van der Waals surface area contributed by atoms with Crippen molar-refractivity contribution in [1.82, 2.24) is 5.01 Å². The van der Waals surface area contributed by atoms with Crippen LogP contribution in [-0.4, -0.2) is 12.1 Å². The van der Waals surface area contributed by atoms with Crippen LogP contribution < -0.4 is 5.84 Å². The van der Waals surface area contributed by atoms with Crippen molar-refractivity contribution < 1.29 is 4.39 Å². The fourth-order valence-corrected chi connectivity index (χ4v) is 1.77. The van der Waals surface area contributed by atoms with Gasteiger partial charge in [-0.2, -0.15) is 0 Å². The summed E-state index contributed by atoms with van der Waals surface area (Å²) in [7, 11) is 1.69. The highest BCUT2D eigenvalue weighted by atomic mass is 79.9. The van der Waals surface area contributed by atoms with Crippen LogP contribution in [0.25, 0.3) is 0 Å². The van der Waals surface area contributed by atoms with Crippen molar-refractivity contribution in [2.75, 3.05) is 7.05 Å². The predicted molar refractivity (Wildman–Crippen MR) is 57.5 cm³/mol. The molecular weight excluding hydrogens is 303 g/mol. The second-order valence-corrected chi connectivity index (χ2v) is 4.45. The van der Waals surface area contributed by atoms with Gasteiger partial charge < -0.3 is 0 Å². The number of nitrogens with zero attached hydrogens (tertiary/aromatic N) is 1. The first kappa shape index (κ1) is 11.1. The second-order valence-electron chi connectivity index (χ2n) is 2.74.